The summed E-state index contributed by atoms with van der Waals surface area (Å²) < 4.78 is 22.5. The van der Waals surface area contributed by atoms with Gasteiger partial charge in [-0.05, 0) is 24.6 Å². The number of rotatable bonds is 2. The van der Waals surface area contributed by atoms with Crippen LogP contribution < -0.4 is 10.0 Å². The van der Waals surface area contributed by atoms with E-state index in [1.165, 1.54) is 4.90 Å². The maximum absolute atomic E-state index is 11.8. The minimum Gasteiger partial charge on any atom is -0.311 e. The summed E-state index contributed by atoms with van der Waals surface area (Å²) in [5.74, 6) is -0.256. The van der Waals surface area contributed by atoms with Crippen molar-refractivity contribution < 1.29 is 13.2 Å². The Morgan fingerprint density at radius 2 is 2.11 bits per heavy atom. The fourth-order valence-corrected chi connectivity index (χ4v) is 2.80. The number of benzene rings is 1. The molecule has 0 saturated carbocycles. The summed E-state index contributed by atoms with van der Waals surface area (Å²) >= 11 is 5.99. The number of halogens is 1. The van der Waals surface area contributed by atoms with Crippen molar-refractivity contribution >= 4 is 33.2 Å². The maximum Gasteiger partial charge on any atom is 0.228 e. The Morgan fingerprint density at radius 1 is 1.44 bits per heavy atom. The van der Waals surface area contributed by atoms with Crippen molar-refractivity contribution in [1.29, 1.82) is 0 Å². The topological polar surface area (TPSA) is 80.5 Å². The summed E-state index contributed by atoms with van der Waals surface area (Å²) in [6, 6.07) is 5.18. The average molecular weight is 289 g/mol. The molecule has 0 aliphatic carbocycles. The van der Waals surface area contributed by atoms with Crippen LogP contribution in [0.5, 0.6) is 0 Å². The van der Waals surface area contributed by atoms with Gasteiger partial charge in [-0.15, -0.1) is 0 Å². The SMILES string of the molecule is Cc1ccc(N2CC(S(N)(=O)=O)CC2=O)cc1Cl. The number of nitrogens with two attached hydrogens (primary N) is 1. The smallest absolute Gasteiger partial charge is 0.228 e. The van der Waals surface area contributed by atoms with Crippen molar-refractivity contribution in [3.05, 3.63) is 28.8 Å². The third-order valence-electron chi connectivity index (χ3n) is 3.02. The highest BCUT2D eigenvalue weighted by atomic mass is 35.5. The monoisotopic (exact) mass is 288 g/mol. The molecule has 2 N–H and O–H groups in total. The van der Waals surface area contributed by atoms with Crippen LogP contribution in [0.3, 0.4) is 0 Å². The number of hydrogen-bond donors (Lipinski definition) is 1. The van der Waals surface area contributed by atoms with Gasteiger partial charge in [0, 0.05) is 23.7 Å². The van der Waals surface area contributed by atoms with Crippen LogP contribution in [-0.2, 0) is 14.8 Å². The van der Waals surface area contributed by atoms with Crippen LogP contribution >= 0.6 is 11.6 Å². The van der Waals surface area contributed by atoms with E-state index in [4.69, 9.17) is 16.7 Å². The zero-order chi connectivity index (χ0) is 13.5. The number of aryl methyl sites for hydroxylation is 1. The van der Waals surface area contributed by atoms with Gasteiger partial charge in [0.25, 0.3) is 0 Å². The lowest BCUT2D eigenvalue weighted by Gasteiger charge is -2.17. The number of nitrogens with zero attached hydrogens (tertiary/aromatic N) is 1. The van der Waals surface area contributed by atoms with Crippen LogP contribution in [0.1, 0.15) is 12.0 Å². The van der Waals surface area contributed by atoms with Crippen molar-refractivity contribution in [3.8, 4) is 0 Å². The van der Waals surface area contributed by atoms with E-state index in [0.29, 0.717) is 10.7 Å². The summed E-state index contributed by atoms with van der Waals surface area (Å²) in [6.07, 6.45) is -0.0790. The quantitative estimate of drug-likeness (QED) is 0.883. The lowest BCUT2D eigenvalue weighted by Crippen LogP contribution is -2.32. The van der Waals surface area contributed by atoms with E-state index in [0.717, 1.165) is 5.56 Å². The molecule has 1 aromatic carbocycles. The minimum atomic E-state index is -3.69. The number of amides is 1. The highest BCUT2D eigenvalue weighted by Crippen LogP contribution is 2.28. The summed E-state index contributed by atoms with van der Waals surface area (Å²) in [5, 5.41) is 4.76. The fraction of sp³-hybridized carbons (Fsp3) is 0.364. The van der Waals surface area contributed by atoms with E-state index in [2.05, 4.69) is 0 Å². The average Bonchev–Trinajstić information content (AvgIpc) is 2.64. The molecule has 1 aliphatic heterocycles. The molecule has 1 atom stereocenters. The van der Waals surface area contributed by atoms with Gasteiger partial charge < -0.3 is 4.90 Å². The Kier molecular flexibility index (Phi) is 3.35. The van der Waals surface area contributed by atoms with Gasteiger partial charge >= 0.3 is 0 Å². The molecule has 1 heterocycles. The van der Waals surface area contributed by atoms with E-state index in [1.807, 2.05) is 6.92 Å². The molecule has 2 rings (SSSR count). The Balaban J connectivity index is 2.30. The lowest BCUT2D eigenvalue weighted by atomic mass is 10.2. The fourth-order valence-electron chi connectivity index (χ4n) is 1.89. The van der Waals surface area contributed by atoms with E-state index in [9.17, 15) is 13.2 Å². The zero-order valence-electron chi connectivity index (χ0n) is 9.76. The molecule has 1 saturated heterocycles. The molecule has 0 radical (unpaired) electrons. The largest absolute Gasteiger partial charge is 0.311 e. The van der Waals surface area contributed by atoms with E-state index >= 15 is 0 Å². The van der Waals surface area contributed by atoms with Crippen LogP contribution in [0.25, 0.3) is 0 Å². The maximum atomic E-state index is 11.8. The Bertz CT molecular complexity index is 600. The van der Waals surface area contributed by atoms with Crippen LogP contribution in [0.2, 0.25) is 5.02 Å². The van der Waals surface area contributed by atoms with Gasteiger partial charge in [-0.25, -0.2) is 13.6 Å². The Hall–Kier alpha value is -1.11. The molecule has 18 heavy (non-hydrogen) atoms. The number of carbonyl (C=O) groups is 1. The van der Waals surface area contributed by atoms with Gasteiger partial charge in [0.2, 0.25) is 15.9 Å². The molecule has 1 amide bonds. The normalized spacial score (nSPS) is 20.5. The molecule has 1 aromatic rings. The first-order chi connectivity index (χ1) is 8.29. The molecule has 98 valence electrons. The molecule has 1 unspecified atom stereocenters. The van der Waals surface area contributed by atoms with Crippen molar-refractivity contribution in [2.45, 2.75) is 18.6 Å². The molecule has 0 bridgehead atoms. The Morgan fingerprint density at radius 3 is 2.61 bits per heavy atom. The van der Waals surface area contributed by atoms with Crippen LogP contribution in [-0.4, -0.2) is 26.1 Å². The summed E-state index contributed by atoms with van der Waals surface area (Å²) in [7, 11) is -3.69. The molecule has 0 aromatic heterocycles. The number of hydrogen-bond acceptors (Lipinski definition) is 3. The zero-order valence-corrected chi connectivity index (χ0v) is 11.3. The predicted octanol–water partition coefficient (Wildman–Crippen LogP) is 1.04. The first-order valence-electron chi connectivity index (χ1n) is 5.37. The van der Waals surface area contributed by atoms with Crippen LogP contribution in [0, 0.1) is 6.92 Å². The molecular weight excluding hydrogens is 276 g/mol. The first-order valence-corrected chi connectivity index (χ1v) is 7.36. The number of primary sulfonamides is 1. The van der Waals surface area contributed by atoms with Gasteiger partial charge in [-0.2, -0.15) is 0 Å². The lowest BCUT2D eigenvalue weighted by molar-refractivity contribution is -0.117. The number of sulfonamides is 1. The molecule has 7 heteroatoms. The summed E-state index contributed by atoms with van der Waals surface area (Å²) in [4.78, 5) is 13.2. The first kappa shape index (κ1) is 13.3. The highest BCUT2D eigenvalue weighted by molar-refractivity contribution is 7.89. The van der Waals surface area contributed by atoms with Crippen molar-refractivity contribution in [1.82, 2.24) is 0 Å². The molecule has 0 spiro atoms. The molecule has 1 aliphatic rings. The van der Waals surface area contributed by atoms with Gasteiger partial charge in [0.05, 0.1) is 0 Å². The third-order valence-corrected chi connectivity index (χ3v) is 4.67. The van der Waals surface area contributed by atoms with E-state index in [-0.39, 0.29) is 18.9 Å². The van der Waals surface area contributed by atoms with Crippen LogP contribution in [0.15, 0.2) is 18.2 Å². The van der Waals surface area contributed by atoms with E-state index < -0.39 is 15.3 Å². The van der Waals surface area contributed by atoms with Gasteiger partial charge in [-0.3, -0.25) is 4.79 Å². The number of carbonyl (C=O) groups excluding carboxylic acids is 1. The second kappa shape index (κ2) is 4.53. The summed E-state index contributed by atoms with van der Waals surface area (Å²) in [6.45, 7) is 1.93. The molecule has 5 nitrogen and oxygen atoms in total. The van der Waals surface area contributed by atoms with Crippen molar-refractivity contribution in [2.24, 2.45) is 5.14 Å². The Labute approximate surface area is 111 Å². The predicted molar refractivity (Wildman–Crippen MR) is 70.1 cm³/mol. The number of anilines is 1. The third kappa shape index (κ3) is 2.50. The molecular formula is C11H13ClN2O3S. The van der Waals surface area contributed by atoms with E-state index in [1.54, 1.807) is 18.2 Å². The van der Waals surface area contributed by atoms with Crippen molar-refractivity contribution in [2.75, 3.05) is 11.4 Å². The van der Waals surface area contributed by atoms with Gasteiger partial charge in [-0.1, -0.05) is 17.7 Å². The second-order valence-electron chi connectivity index (χ2n) is 4.35. The van der Waals surface area contributed by atoms with Gasteiger partial charge in [0.15, 0.2) is 0 Å². The standard InChI is InChI=1S/C11H13ClN2O3S/c1-7-2-3-8(4-10(7)12)14-6-9(5-11(14)15)18(13,16)17/h2-4,9H,5-6H2,1H3,(H2,13,16,17). The highest BCUT2D eigenvalue weighted by Gasteiger charge is 2.37. The minimum absolute atomic E-state index is 0.0790. The summed E-state index contributed by atoms with van der Waals surface area (Å²) in [5.41, 5.74) is 1.50. The second-order valence-corrected chi connectivity index (χ2v) is 6.60. The van der Waals surface area contributed by atoms with Crippen LogP contribution in [0.4, 0.5) is 5.69 Å². The van der Waals surface area contributed by atoms with Gasteiger partial charge in [0.1, 0.15) is 5.25 Å². The molecule has 1 fully saturated rings. The van der Waals surface area contributed by atoms with Crippen molar-refractivity contribution in [3.63, 3.8) is 0 Å².